The molecule has 1 aromatic carbocycles. The van der Waals surface area contributed by atoms with Crippen LogP contribution >= 0.6 is 23.1 Å². The second-order valence-electron chi connectivity index (χ2n) is 4.32. The molecule has 1 heterocycles. The molecule has 0 bridgehead atoms. The first-order valence-electron chi connectivity index (χ1n) is 6.59. The monoisotopic (exact) mass is 323 g/mol. The van der Waals surface area contributed by atoms with Gasteiger partial charge in [0.05, 0.1) is 0 Å². The summed E-state index contributed by atoms with van der Waals surface area (Å²) in [6.07, 6.45) is -0.600. The smallest absolute Gasteiger partial charge is 0.266 e. The van der Waals surface area contributed by atoms with Gasteiger partial charge in [0.2, 0.25) is 5.13 Å². The van der Waals surface area contributed by atoms with Crippen LogP contribution in [0, 0.1) is 6.92 Å². The third-order valence-electron chi connectivity index (χ3n) is 2.67. The number of thioether (sulfide) groups is 1. The third kappa shape index (κ3) is 4.44. The quantitative estimate of drug-likeness (QED) is 0.652. The van der Waals surface area contributed by atoms with Gasteiger partial charge in [-0.25, -0.2) is 0 Å². The van der Waals surface area contributed by atoms with Gasteiger partial charge in [-0.3, -0.25) is 10.1 Å². The minimum absolute atomic E-state index is 0.234. The summed E-state index contributed by atoms with van der Waals surface area (Å²) in [6, 6.07) is 7.60. The normalized spacial score (nSPS) is 12.0. The average molecular weight is 323 g/mol. The van der Waals surface area contributed by atoms with Crippen molar-refractivity contribution in [1.29, 1.82) is 0 Å². The van der Waals surface area contributed by atoms with E-state index >= 15 is 0 Å². The van der Waals surface area contributed by atoms with E-state index in [0.717, 1.165) is 15.7 Å². The van der Waals surface area contributed by atoms with Gasteiger partial charge in [-0.15, -0.1) is 10.2 Å². The summed E-state index contributed by atoms with van der Waals surface area (Å²) in [5, 5.41) is 11.2. The van der Waals surface area contributed by atoms with Crippen LogP contribution in [0.5, 0.6) is 5.75 Å². The summed E-state index contributed by atoms with van der Waals surface area (Å²) in [5.41, 5.74) is 0.995. The first-order valence-corrected chi connectivity index (χ1v) is 8.39. The van der Waals surface area contributed by atoms with Crippen molar-refractivity contribution in [3.05, 3.63) is 29.8 Å². The summed E-state index contributed by atoms with van der Waals surface area (Å²) in [7, 11) is 0. The lowest BCUT2D eigenvalue weighted by Crippen LogP contribution is -2.30. The molecular weight excluding hydrogens is 306 g/mol. The Hall–Kier alpha value is -1.60. The Balaban J connectivity index is 1.94. The number of amides is 1. The molecule has 5 nitrogen and oxygen atoms in total. The number of benzene rings is 1. The van der Waals surface area contributed by atoms with Crippen molar-refractivity contribution in [2.75, 3.05) is 11.1 Å². The fraction of sp³-hybridized carbons (Fsp3) is 0.357. The van der Waals surface area contributed by atoms with Gasteiger partial charge in [-0.2, -0.15) is 0 Å². The van der Waals surface area contributed by atoms with E-state index in [-0.39, 0.29) is 5.91 Å². The Morgan fingerprint density at radius 3 is 2.90 bits per heavy atom. The van der Waals surface area contributed by atoms with Crippen molar-refractivity contribution in [1.82, 2.24) is 10.2 Å². The highest BCUT2D eigenvalue weighted by Crippen LogP contribution is 2.25. The van der Waals surface area contributed by atoms with E-state index in [1.165, 1.54) is 11.3 Å². The fourth-order valence-electron chi connectivity index (χ4n) is 1.58. The molecule has 2 rings (SSSR count). The van der Waals surface area contributed by atoms with E-state index < -0.39 is 6.10 Å². The van der Waals surface area contributed by atoms with Gasteiger partial charge in [0.25, 0.3) is 5.91 Å². The summed E-state index contributed by atoms with van der Waals surface area (Å²) < 4.78 is 6.52. The van der Waals surface area contributed by atoms with Crippen LogP contribution in [-0.4, -0.2) is 28.0 Å². The van der Waals surface area contributed by atoms with Crippen LogP contribution < -0.4 is 10.1 Å². The van der Waals surface area contributed by atoms with Crippen molar-refractivity contribution in [2.24, 2.45) is 0 Å². The minimum atomic E-state index is -0.600. The summed E-state index contributed by atoms with van der Waals surface area (Å²) >= 11 is 2.96. The molecule has 1 unspecified atom stereocenters. The molecule has 0 spiro atoms. The summed E-state index contributed by atoms with van der Waals surface area (Å²) in [5.74, 6) is 1.40. The zero-order valence-electron chi connectivity index (χ0n) is 12.1. The fourth-order valence-corrected chi connectivity index (χ4v) is 3.23. The Labute approximate surface area is 132 Å². The van der Waals surface area contributed by atoms with Gasteiger partial charge in [-0.05, 0) is 31.2 Å². The van der Waals surface area contributed by atoms with Crippen LogP contribution in [0.2, 0.25) is 0 Å². The van der Waals surface area contributed by atoms with Crippen LogP contribution in [0.15, 0.2) is 28.6 Å². The van der Waals surface area contributed by atoms with Crippen molar-refractivity contribution < 1.29 is 9.53 Å². The number of hydrogen-bond donors (Lipinski definition) is 1. The second-order valence-corrected chi connectivity index (χ2v) is 6.81. The zero-order valence-corrected chi connectivity index (χ0v) is 13.8. The van der Waals surface area contributed by atoms with Crippen molar-refractivity contribution in [3.63, 3.8) is 0 Å². The van der Waals surface area contributed by atoms with E-state index in [1.54, 1.807) is 18.7 Å². The molecule has 0 saturated heterocycles. The molecule has 0 fully saturated rings. The van der Waals surface area contributed by atoms with Crippen LogP contribution in [0.3, 0.4) is 0 Å². The Kier molecular flexibility index (Phi) is 5.58. The molecule has 1 aromatic heterocycles. The molecule has 0 aliphatic rings. The first-order chi connectivity index (χ1) is 10.1. The molecular formula is C14H17N3O2S2. The molecule has 0 saturated carbocycles. The largest absolute Gasteiger partial charge is 0.481 e. The van der Waals surface area contributed by atoms with E-state index in [0.29, 0.717) is 10.9 Å². The molecule has 0 aliphatic heterocycles. The highest BCUT2D eigenvalue weighted by molar-refractivity contribution is 8.01. The maximum Gasteiger partial charge on any atom is 0.266 e. The highest BCUT2D eigenvalue weighted by atomic mass is 32.2. The SMILES string of the molecule is CCSc1nnc(NC(=O)C(C)Oc2ccccc2C)s1. The van der Waals surface area contributed by atoms with Gasteiger partial charge < -0.3 is 4.74 Å². The Morgan fingerprint density at radius 1 is 1.43 bits per heavy atom. The number of nitrogens with one attached hydrogen (secondary N) is 1. The first kappa shape index (κ1) is 15.8. The molecule has 1 atom stereocenters. The number of para-hydroxylation sites is 1. The average Bonchev–Trinajstić information content (AvgIpc) is 2.89. The highest BCUT2D eigenvalue weighted by Gasteiger charge is 2.17. The second kappa shape index (κ2) is 7.42. The number of nitrogens with zero attached hydrogens (tertiary/aromatic N) is 2. The number of anilines is 1. The number of ether oxygens (including phenoxy) is 1. The van der Waals surface area contributed by atoms with Gasteiger partial charge >= 0.3 is 0 Å². The lowest BCUT2D eigenvalue weighted by atomic mass is 10.2. The molecule has 0 radical (unpaired) electrons. The molecule has 21 heavy (non-hydrogen) atoms. The molecule has 2 aromatic rings. The van der Waals surface area contributed by atoms with Crippen LogP contribution in [-0.2, 0) is 4.79 Å². The number of carbonyl (C=O) groups is 1. The number of aryl methyl sites for hydroxylation is 1. The molecule has 0 aliphatic carbocycles. The predicted molar refractivity (Wildman–Crippen MR) is 86.2 cm³/mol. The standard InChI is InChI=1S/C14H17N3O2S2/c1-4-20-14-17-16-13(21-14)15-12(18)10(3)19-11-8-6-5-7-9(11)2/h5-8,10H,4H2,1-3H3,(H,15,16,18). The molecule has 1 N–H and O–H groups in total. The molecule has 7 heteroatoms. The molecule has 112 valence electrons. The number of rotatable bonds is 6. The van der Waals surface area contributed by atoms with Crippen molar-refractivity contribution >= 4 is 34.1 Å². The predicted octanol–water partition coefficient (Wildman–Crippen LogP) is 3.36. The topological polar surface area (TPSA) is 64.1 Å². The van der Waals surface area contributed by atoms with Crippen molar-refractivity contribution in [2.45, 2.75) is 31.2 Å². The lowest BCUT2D eigenvalue weighted by molar-refractivity contribution is -0.122. The number of aromatic nitrogens is 2. The van der Waals surface area contributed by atoms with Crippen LogP contribution in [0.25, 0.3) is 0 Å². The van der Waals surface area contributed by atoms with E-state index in [4.69, 9.17) is 4.74 Å². The van der Waals surface area contributed by atoms with Gasteiger partial charge in [0, 0.05) is 0 Å². The zero-order chi connectivity index (χ0) is 15.2. The number of hydrogen-bond acceptors (Lipinski definition) is 6. The van der Waals surface area contributed by atoms with Crippen LogP contribution in [0.1, 0.15) is 19.4 Å². The third-order valence-corrected chi connectivity index (χ3v) is 4.53. The lowest BCUT2D eigenvalue weighted by Gasteiger charge is -2.15. The Morgan fingerprint density at radius 2 is 2.19 bits per heavy atom. The van der Waals surface area contributed by atoms with E-state index in [2.05, 4.69) is 15.5 Å². The van der Waals surface area contributed by atoms with Gasteiger partial charge in [0.1, 0.15) is 5.75 Å². The maximum absolute atomic E-state index is 12.1. The van der Waals surface area contributed by atoms with Gasteiger partial charge in [-0.1, -0.05) is 48.2 Å². The number of carbonyl (C=O) groups excluding carboxylic acids is 1. The van der Waals surface area contributed by atoms with E-state index in [1.807, 2.05) is 38.1 Å². The van der Waals surface area contributed by atoms with Gasteiger partial charge in [0.15, 0.2) is 10.4 Å². The minimum Gasteiger partial charge on any atom is -0.481 e. The molecule has 1 amide bonds. The maximum atomic E-state index is 12.1. The van der Waals surface area contributed by atoms with Crippen LogP contribution in [0.4, 0.5) is 5.13 Å². The summed E-state index contributed by atoms with van der Waals surface area (Å²) in [4.78, 5) is 12.1. The Bertz CT molecular complexity index is 616. The van der Waals surface area contributed by atoms with Crippen molar-refractivity contribution in [3.8, 4) is 5.75 Å². The summed E-state index contributed by atoms with van der Waals surface area (Å²) in [6.45, 7) is 5.70. The van der Waals surface area contributed by atoms with E-state index in [9.17, 15) is 4.79 Å².